The van der Waals surface area contributed by atoms with E-state index in [1.165, 1.54) is 4.31 Å². The molecule has 0 aliphatic carbocycles. The van der Waals surface area contributed by atoms with Crippen molar-refractivity contribution < 1.29 is 22.0 Å². The third-order valence-corrected chi connectivity index (χ3v) is 6.86. The Hall–Kier alpha value is -3.10. The lowest BCUT2D eigenvalue weighted by molar-refractivity contribution is 0.102. The number of nitrogens with zero attached hydrogens (tertiary/aromatic N) is 1. The van der Waals surface area contributed by atoms with Crippen molar-refractivity contribution in [3.05, 3.63) is 95.1 Å². The Kier molecular flexibility index (Phi) is 5.36. The minimum Gasteiger partial charge on any atom is -0.322 e. The van der Waals surface area contributed by atoms with Gasteiger partial charge in [0, 0.05) is 24.8 Å². The van der Waals surface area contributed by atoms with E-state index in [0.29, 0.717) is 24.7 Å². The molecule has 0 bridgehead atoms. The predicted octanol–water partition coefficient (Wildman–Crippen LogP) is 3.96. The van der Waals surface area contributed by atoms with Gasteiger partial charge in [-0.05, 0) is 53.9 Å². The highest BCUT2D eigenvalue weighted by Crippen LogP contribution is 2.27. The second kappa shape index (κ2) is 7.97. The van der Waals surface area contributed by atoms with Crippen LogP contribution >= 0.6 is 0 Å². The van der Waals surface area contributed by atoms with E-state index in [9.17, 15) is 22.0 Å². The van der Waals surface area contributed by atoms with E-state index in [1.54, 1.807) is 42.5 Å². The number of sulfonamides is 1. The van der Waals surface area contributed by atoms with Crippen LogP contribution in [0.5, 0.6) is 0 Å². The molecule has 0 fully saturated rings. The van der Waals surface area contributed by atoms with Crippen molar-refractivity contribution in [2.75, 3.05) is 11.9 Å². The van der Waals surface area contributed by atoms with Gasteiger partial charge in [0.15, 0.2) is 0 Å². The average Bonchev–Trinajstić information content (AvgIpc) is 2.73. The minimum absolute atomic E-state index is 0.168. The van der Waals surface area contributed by atoms with Crippen molar-refractivity contribution in [3.8, 4) is 0 Å². The van der Waals surface area contributed by atoms with Crippen LogP contribution < -0.4 is 5.32 Å². The third-order valence-electron chi connectivity index (χ3n) is 5.00. The molecule has 0 unspecified atom stereocenters. The van der Waals surface area contributed by atoms with Crippen molar-refractivity contribution in [1.82, 2.24) is 4.31 Å². The summed E-state index contributed by atoms with van der Waals surface area (Å²) in [6.07, 6.45) is 0.544. The molecule has 8 heteroatoms. The molecule has 1 N–H and O–H groups in total. The van der Waals surface area contributed by atoms with Gasteiger partial charge in [-0.3, -0.25) is 4.79 Å². The van der Waals surface area contributed by atoms with Gasteiger partial charge in [-0.1, -0.05) is 24.3 Å². The predicted molar refractivity (Wildman–Crippen MR) is 108 cm³/mol. The van der Waals surface area contributed by atoms with Crippen LogP contribution in [0.15, 0.2) is 71.6 Å². The van der Waals surface area contributed by atoms with Crippen LogP contribution in [0.2, 0.25) is 0 Å². The maximum atomic E-state index is 13.8. The molecule has 1 aliphatic rings. The molecular weight excluding hydrogens is 410 g/mol. The van der Waals surface area contributed by atoms with E-state index in [1.807, 2.05) is 6.07 Å². The number of hydrogen-bond donors (Lipinski definition) is 1. The molecule has 3 aromatic rings. The van der Waals surface area contributed by atoms with Crippen molar-refractivity contribution in [2.24, 2.45) is 0 Å². The summed E-state index contributed by atoms with van der Waals surface area (Å²) in [5.41, 5.74) is 1.88. The molecule has 30 heavy (non-hydrogen) atoms. The van der Waals surface area contributed by atoms with Gasteiger partial charge in [0.2, 0.25) is 10.0 Å². The SMILES string of the molecule is O=C(Nc1ccc2c(c1)CN(S(=O)(=O)c1ccccc1)CC2)c1ccc(F)cc1F. The number of amides is 1. The van der Waals surface area contributed by atoms with Gasteiger partial charge in [0.25, 0.3) is 5.91 Å². The van der Waals surface area contributed by atoms with Gasteiger partial charge < -0.3 is 5.32 Å². The van der Waals surface area contributed by atoms with Crippen LogP contribution in [0, 0.1) is 11.6 Å². The van der Waals surface area contributed by atoms with Crippen LogP contribution in [-0.4, -0.2) is 25.2 Å². The molecule has 1 aliphatic heterocycles. The molecule has 154 valence electrons. The number of benzene rings is 3. The zero-order valence-electron chi connectivity index (χ0n) is 15.8. The fourth-order valence-corrected chi connectivity index (χ4v) is 4.87. The molecule has 5 nitrogen and oxygen atoms in total. The summed E-state index contributed by atoms with van der Waals surface area (Å²) in [6, 6.07) is 16.1. The second-order valence-electron chi connectivity index (χ2n) is 6.96. The highest BCUT2D eigenvalue weighted by molar-refractivity contribution is 7.89. The van der Waals surface area contributed by atoms with Crippen LogP contribution in [0.1, 0.15) is 21.5 Å². The topological polar surface area (TPSA) is 66.5 Å². The number of fused-ring (bicyclic) bond motifs is 1. The first-order valence-corrected chi connectivity index (χ1v) is 10.7. The Balaban J connectivity index is 1.55. The lowest BCUT2D eigenvalue weighted by Gasteiger charge is -2.28. The van der Waals surface area contributed by atoms with Crippen LogP contribution in [0.25, 0.3) is 0 Å². The normalized spacial score (nSPS) is 14.2. The number of nitrogens with one attached hydrogen (secondary N) is 1. The quantitative estimate of drug-likeness (QED) is 0.684. The molecule has 0 saturated carbocycles. The lowest BCUT2D eigenvalue weighted by Crippen LogP contribution is -2.36. The highest BCUT2D eigenvalue weighted by atomic mass is 32.2. The minimum atomic E-state index is -3.63. The fourth-order valence-electron chi connectivity index (χ4n) is 3.43. The smallest absolute Gasteiger partial charge is 0.258 e. The number of carbonyl (C=O) groups is 1. The zero-order chi connectivity index (χ0) is 21.3. The third kappa shape index (κ3) is 3.96. The van der Waals surface area contributed by atoms with Crippen LogP contribution in [0.3, 0.4) is 0 Å². The van der Waals surface area contributed by atoms with Gasteiger partial charge in [-0.25, -0.2) is 17.2 Å². The monoisotopic (exact) mass is 428 g/mol. The van der Waals surface area contributed by atoms with E-state index in [2.05, 4.69) is 5.32 Å². The molecule has 4 rings (SSSR count). The summed E-state index contributed by atoms with van der Waals surface area (Å²) in [4.78, 5) is 12.6. The largest absolute Gasteiger partial charge is 0.322 e. The van der Waals surface area contributed by atoms with Crippen molar-refractivity contribution in [2.45, 2.75) is 17.9 Å². The Morgan fingerprint density at radius 3 is 2.43 bits per heavy atom. The number of halogens is 2. The summed E-state index contributed by atoms with van der Waals surface area (Å²) in [7, 11) is -3.63. The van der Waals surface area contributed by atoms with Crippen LogP contribution in [0.4, 0.5) is 14.5 Å². The number of anilines is 1. The molecular formula is C22H18F2N2O3S. The van der Waals surface area contributed by atoms with Gasteiger partial charge in [0.1, 0.15) is 11.6 Å². The van der Waals surface area contributed by atoms with Crippen LogP contribution in [-0.2, 0) is 23.0 Å². The van der Waals surface area contributed by atoms with Gasteiger partial charge in [-0.2, -0.15) is 4.31 Å². The first kappa shape index (κ1) is 20.2. The lowest BCUT2D eigenvalue weighted by atomic mass is 10.0. The maximum Gasteiger partial charge on any atom is 0.258 e. The molecule has 1 heterocycles. The zero-order valence-corrected chi connectivity index (χ0v) is 16.6. The standard InChI is InChI=1S/C22H18F2N2O3S/c23-17-7-9-20(21(24)13-17)22(27)25-18-8-6-15-10-11-26(14-16(15)12-18)30(28,29)19-4-2-1-3-5-19/h1-9,12-13H,10-11,14H2,(H,25,27). The first-order chi connectivity index (χ1) is 14.3. The number of carbonyl (C=O) groups excluding carboxylic acids is 1. The van der Waals surface area contributed by atoms with E-state index >= 15 is 0 Å². The van der Waals surface area contributed by atoms with E-state index in [-0.39, 0.29) is 17.0 Å². The second-order valence-corrected chi connectivity index (χ2v) is 8.90. The van der Waals surface area contributed by atoms with Gasteiger partial charge >= 0.3 is 0 Å². The van der Waals surface area contributed by atoms with E-state index in [0.717, 1.165) is 23.3 Å². The molecule has 0 radical (unpaired) electrons. The van der Waals surface area contributed by atoms with Crippen molar-refractivity contribution in [3.63, 3.8) is 0 Å². The average molecular weight is 428 g/mol. The molecule has 3 aromatic carbocycles. The Morgan fingerprint density at radius 1 is 0.933 bits per heavy atom. The van der Waals surface area contributed by atoms with Crippen molar-refractivity contribution in [1.29, 1.82) is 0 Å². The Bertz CT molecular complexity index is 1210. The van der Waals surface area contributed by atoms with E-state index in [4.69, 9.17) is 0 Å². The Morgan fingerprint density at radius 2 is 1.70 bits per heavy atom. The highest BCUT2D eigenvalue weighted by Gasteiger charge is 2.28. The molecule has 0 spiro atoms. The number of hydrogen-bond acceptors (Lipinski definition) is 3. The van der Waals surface area contributed by atoms with Gasteiger partial charge in [-0.15, -0.1) is 0 Å². The summed E-state index contributed by atoms with van der Waals surface area (Å²) in [5, 5.41) is 2.58. The van der Waals surface area contributed by atoms with Gasteiger partial charge in [0.05, 0.1) is 10.5 Å². The first-order valence-electron chi connectivity index (χ1n) is 9.28. The summed E-state index contributed by atoms with van der Waals surface area (Å²) >= 11 is 0. The van der Waals surface area contributed by atoms with E-state index < -0.39 is 27.6 Å². The summed E-state index contributed by atoms with van der Waals surface area (Å²) in [5.74, 6) is -2.43. The maximum absolute atomic E-state index is 13.8. The molecule has 0 saturated heterocycles. The molecule has 0 atom stereocenters. The van der Waals surface area contributed by atoms with Crippen molar-refractivity contribution >= 4 is 21.6 Å². The summed E-state index contributed by atoms with van der Waals surface area (Å²) in [6.45, 7) is 0.526. The fraction of sp³-hybridized carbons (Fsp3) is 0.136. The number of rotatable bonds is 4. The molecule has 1 amide bonds. The summed E-state index contributed by atoms with van der Waals surface area (Å²) < 4.78 is 54.1. The Labute approximate surface area is 173 Å². The molecule has 0 aromatic heterocycles.